The Kier molecular flexibility index (Phi) is 5.84. The third kappa shape index (κ3) is 5.15. The minimum absolute atomic E-state index is 0.00643. The van der Waals surface area contributed by atoms with Gasteiger partial charge in [0, 0.05) is 31.1 Å². The third-order valence-electron chi connectivity index (χ3n) is 4.48. The largest absolute Gasteiger partial charge is 0.378 e. The fraction of sp³-hybridized carbons (Fsp3) is 0.611. The number of ether oxygens (including phenoxy) is 1. The lowest BCUT2D eigenvalue weighted by molar-refractivity contribution is 0.0105. The molecule has 126 valence electrons. The van der Waals surface area contributed by atoms with Crippen LogP contribution in [-0.4, -0.2) is 43.0 Å². The average molecular weight is 334 g/mol. The Balaban J connectivity index is 1.44. The van der Waals surface area contributed by atoms with Crippen molar-refractivity contribution in [3.63, 3.8) is 0 Å². The van der Waals surface area contributed by atoms with Crippen molar-refractivity contribution in [2.24, 2.45) is 5.92 Å². The lowest BCUT2D eigenvalue weighted by Crippen LogP contribution is -2.43. The Morgan fingerprint density at radius 2 is 2.09 bits per heavy atom. The molecule has 0 radical (unpaired) electrons. The molecule has 0 atom stereocenters. The van der Waals surface area contributed by atoms with Crippen molar-refractivity contribution < 1.29 is 9.53 Å². The number of thioether (sulfide) groups is 1. The minimum atomic E-state index is 0.00643. The van der Waals surface area contributed by atoms with Gasteiger partial charge in [-0.15, -0.1) is 0 Å². The number of carbonyl (C=O) groups excluding carboxylic acids is 1. The molecule has 1 aliphatic carbocycles. The van der Waals surface area contributed by atoms with Gasteiger partial charge in [0.05, 0.1) is 6.10 Å². The van der Waals surface area contributed by atoms with Crippen LogP contribution in [0.5, 0.6) is 0 Å². The molecule has 1 saturated heterocycles. The van der Waals surface area contributed by atoms with E-state index in [1.807, 2.05) is 17.0 Å². The van der Waals surface area contributed by atoms with Crippen LogP contribution >= 0.6 is 11.8 Å². The molecule has 2 aliphatic rings. The van der Waals surface area contributed by atoms with Gasteiger partial charge in [-0.3, -0.25) is 0 Å². The standard InChI is InChI=1S/C18H26N2O2S/c1-23-13-15-3-2-4-16(11-15)19-18(21)20-9-7-17(8-10-20)22-12-14-5-6-14/h2-4,11,14,17H,5-10,12-13H2,1H3,(H,19,21). The van der Waals surface area contributed by atoms with E-state index in [0.717, 1.165) is 49.9 Å². The first-order valence-corrected chi connectivity index (χ1v) is 9.89. The second kappa shape index (κ2) is 8.06. The normalized spacial score (nSPS) is 18.9. The molecule has 2 fully saturated rings. The van der Waals surface area contributed by atoms with Gasteiger partial charge < -0.3 is 15.0 Å². The number of urea groups is 1. The SMILES string of the molecule is CSCc1cccc(NC(=O)N2CCC(OCC3CC3)CC2)c1. The first-order chi connectivity index (χ1) is 11.2. The fourth-order valence-corrected chi connectivity index (χ4v) is 3.40. The second-order valence-corrected chi connectivity index (χ2v) is 7.39. The van der Waals surface area contributed by atoms with Crippen molar-refractivity contribution in [2.75, 3.05) is 31.3 Å². The number of anilines is 1. The van der Waals surface area contributed by atoms with E-state index in [4.69, 9.17) is 4.74 Å². The summed E-state index contributed by atoms with van der Waals surface area (Å²) in [6, 6.07) is 8.10. The van der Waals surface area contributed by atoms with Gasteiger partial charge in [-0.05, 0) is 55.6 Å². The first kappa shape index (κ1) is 16.7. The molecule has 0 aromatic heterocycles. The van der Waals surface area contributed by atoms with Crippen molar-refractivity contribution >= 4 is 23.5 Å². The summed E-state index contributed by atoms with van der Waals surface area (Å²) < 4.78 is 5.94. The zero-order valence-corrected chi connectivity index (χ0v) is 14.6. The molecule has 1 aliphatic heterocycles. The summed E-state index contributed by atoms with van der Waals surface area (Å²) in [6.07, 6.45) is 6.98. The van der Waals surface area contributed by atoms with Crippen molar-refractivity contribution in [2.45, 2.75) is 37.5 Å². The number of nitrogens with zero attached hydrogens (tertiary/aromatic N) is 1. The number of likely N-dealkylation sites (tertiary alicyclic amines) is 1. The summed E-state index contributed by atoms with van der Waals surface area (Å²) in [5, 5.41) is 3.02. The van der Waals surface area contributed by atoms with E-state index in [1.54, 1.807) is 11.8 Å². The predicted octanol–water partition coefficient (Wildman–Crippen LogP) is 3.97. The summed E-state index contributed by atoms with van der Waals surface area (Å²) in [4.78, 5) is 14.3. The zero-order chi connectivity index (χ0) is 16.1. The maximum atomic E-state index is 12.4. The van der Waals surface area contributed by atoms with Crippen molar-refractivity contribution in [1.29, 1.82) is 0 Å². The molecule has 2 amide bonds. The van der Waals surface area contributed by atoms with Crippen LogP contribution < -0.4 is 5.32 Å². The number of benzene rings is 1. The Labute approximate surface area is 143 Å². The fourth-order valence-electron chi connectivity index (χ4n) is 2.89. The lowest BCUT2D eigenvalue weighted by Gasteiger charge is -2.32. The summed E-state index contributed by atoms with van der Waals surface area (Å²) in [6.45, 7) is 2.48. The number of nitrogens with one attached hydrogen (secondary N) is 1. The highest BCUT2D eigenvalue weighted by Crippen LogP contribution is 2.30. The van der Waals surface area contributed by atoms with Crippen LogP contribution in [0.1, 0.15) is 31.2 Å². The monoisotopic (exact) mass is 334 g/mol. The van der Waals surface area contributed by atoms with Gasteiger partial charge in [-0.1, -0.05) is 12.1 Å². The minimum Gasteiger partial charge on any atom is -0.378 e. The Morgan fingerprint density at radius 3 is 2.78 bits per heavy atom. The van der Waals surface area contributed by atoms with E-state index in [0.29, 0.717) is 6.10 Å². The van der Waals surface area contributed by atoms with Gasteiger partial charge in [0.25, 0.3) is 0 Å². The van der Waals surface area contributed by atoms with Crippen LogP contribution in [0, 0.1) is 5.92 Å². The van der Waals surface area contributed by atoms with Gasteiger partial charge in [0.1, 0.15) is 0 Å². The molecule has 5 heteroatoms. The molecule has 0 spiro atoms. The summed E-state index contributed by atoms with van der Waals surface area (Å²) >= 11 is 1.78. The number of hydrogen-bond donors (Lipinski definition) is 1. The van der Waals surface area contributed by atoms with E-state index >= 15 is 0 Å². The van der Waals surface area contributed by atoms with Gasteiger partial charge in [-0.25, -0.2) is 4.79 Å². The highest BCUT2D eigenvalue weighted by atomic mass is 32.2. The third-order valence-corrected chi connectivity index (χ3v) is 5.11. The number of amides is 2. The molecular formula is C18H26N2O2S. The topological polar surface area (TPSA) is 41.6 Å². The molecule has 1 aromatic carbocycles. The van der Waals surface area contributed by atoms with Gasteiger partial charge in [0.15, 0.2) is 0 Å². The average Bonchev–Trinajstić information content (AvgIpc) is 3.38. The van der Waals surface area contributed by atoms with Crippen molar-refractivity contribution in [3.05, 3.63) is 29.8 Å². The molecule has 1 heterocycles. The highest BCUT2D eigenvalue weighted by Gasteiger charge is 2.26. The number of rotatable bonds is 6. The molecule has 0 bridgehead atoms. The summed E-state index contributed by atoms with van der Waals surface area (Å²) in [5.41, 5.74) is 2.12. The van der Waals surface area contributed by atoms with Crippen LogP contribution in [0.3, 0.4) is 0 Å². The maximum Gasteiger partial charge on any atom is 0.321 e. The van der Waals surface area contributed by atoms with Crippen molar-refractivity contribution in [1.82, 2.24) is 4.90 Å². The van der Waals surface area contributed by atoms with Crippen LogP contribution in [0.25, 0.3) is 0 Å². The van der Waals surface area contributed by atoms with E-state index in [-0.39, 0.29) is 6.03 Å². The van der Waals surface area contributed by atoms with E-state index in [2.05, 4.69) is 23.7 Å². The van der Waals surface area contributed by atoms with E-state index in [1.165, 1.54) is 18.4 Å². The molecule has 1 aromatic rings. The van der Waals surface area contributed by atoms with Gasteiger partial charge in [-0.2, -0.15) is 11.8 Å². The molecule has 1 saturated carbocycles. The van der Waals surface area contributed by atoms with Crippen LogP contribution in [0.15, 0.2) is 24.3 Å². The van der Waals surface area contributed by atoms with Crippen LogP contribution in [-0.2, 0) is 10.5 Å². The molecule has 1 N–H and O–H groups in total. The lowest BCUT2D eigenvalue weighted by atomic mass is 10.1. The Morgan fingerprint density at radius 1 is 1.30 bits per heavy atom. The van der Waals surface area contributed by atoms with E-state index < -0.39 is 0 Å². The quantitative estimate of drug-likeness (QED) is 0.856. The zero-order valence-electron chi connectivity index (χ0n) is 13.8. The number of carbonyl (C=O) groups is 1. The van der Waals surface area contributed by atoms with Gasteiger partial charge in [0.2, 0.25) is 0 Å². The maximum absolute atomic E-state index is 12.4. The van der Waals surface area contributed by atoms with E-state index in [9.17, 15) is 4.79 Å². The molecular weight excluding hydrogens is 308 g/mol. The first-order valence-electron chi connectivity index (χ1n) is 8.50. The molecule has 0 unspecified atom stereocenters. The highest BCUT2D eigenvalue weighted by molar-refractivity contribution is 7.97. The number of piperidine rings is 1. The smallest absolute Gasteiger partial charge is 0.321 e. The molecule has 23 heavy (non-hydrogen) atoms. The van der Waals surface area contributed by atoms with Crippen molar-refractivity contribution in [3.8, 4) is 0 Å². The van der Waals surface area contributed by atoms with Gasteiger partial charge >= 0.3 is 6.03 Å². The van der Waals surface area contributed by atoms with Crippen LogP contribution in [0.2, 0.25) is 0 Å². The Bertz CT molecular complexity index is 526. The number of hydrogen-bond acceptors (Lipinski definition) is 3. The summed E-state index contributed by atoms with van der Waals surface area (Å²) in [7, 11) is 0. The predicted molar refractivity (Wildman–Crippen MR) is 96.0 cm³/mol. The van der Waals surface area contributed by atoms with Crippen LogP contribution in [0.4, 0.5) is 10.5 Å². The Hall–Kier alpha value is -1.20. The second-order valence-electron chi connectivity index (χ2n) is 6.53. The molecule has 4 nitrogen and oxygen atoms in total. The summed E-state index contributed by atoms with van der Waals surface area (Å²) in [5.74, 6) is 1.78. The molecule has 3 rings (SSSR count).